The zero-order chi connectivity index (χ0) is 21.4. The minimum absolute atomic E-state index is 0.117. The summed E-state index contributed by atoms with van der Waals surface area (Å²) in [7, 11) is 0. The number of ether oxygens (including phenoxy) is 1. The van der Waals surface area contributed by atoms with Gasteiger partial charge in [0, 0.05) is 6.92 Å². The van der Waals surface area contributed by atoms with Crippen molar-refractivity contribution in [2.75, 3.05) is 0 Å². The molecule has 0 aromatic rings. The van der Waals surface area contributed by atoms with E-state index in [1.54, 1.807) is 6.92 Å². The van der Waals surface area contributed by atoms with Crippen LogP contribution in [-0.2, 0) is 9.53 Å². The first-order valence-electron chi connectivity index (χ1n) is 12.6. The highest BCUT2D eigenvalue weighted by Gasteiger charge is 2.11. The van der Waals surface area contributed by atoms with E-state index in [0.29, 0.717) is 0 Å². The largest absolute Gasteiger partial charge is 0.463 e. The number of rotatable bonds is 23. The van der Waals surface area contributed by atoms with Crippen LogP contribution >= 0.6 is 0 Å². The highest BCUT2D eigenvalue weighted by atomic mass is 16.5. The Morgan fingerprint density at radius 3 is 1.24 bits per heavy atom. The summed E-state index contributed by atoms with van der Waals surface area (Å²) in [5.41, 5.74) is 0. The summed E-state index contributed by atoms with van der Waals surface area (Å²) < 4.78 is 5.56. The maximum Gasteiger partial charge on any atom is 0.302 e. The molecule has 0 aliphatic heterocycles. The van der Waals surface area contributed by atoms with E-state index < -0.39 is 0 Å². The molecule has 0 saturated carbocycles. The number of esters is 1. The van der Waals surface area contributed by atoms with E-state index in [1.165, 1.54) is 103 Å². The van der Waals surface area contributed by atoms with Gasteiger partial charge in [0.1, 0.15) is 6.10 Å². The monoisotopic (exact) mass is 406 g/mol. The number of hydrogen-bond donors (Lipinski definition) is 0. The standard InChI is InChI=1S/C27H50O2/c1-4-6-8-10-12-14-16-18-20-22-24-27(29-26(3)28)25-23-21-19-17-15-13-11-9-7-5-2/h4-5,27H,1-2,6-25H2,3H3. The molecule has 0 bridgehead atoms. The van der Waals surface area contributed by atoms with Gasteiger partial charge in [-0.3, -0.25) is 4.79 Å². The molecule has 29 heavy (non-hydrogen) atoms. The first-order chi connectivity index (χ1) is 14.2. The van der Waals surface area contributed by atoms with Crippen molar-refractivity contribution in [3.63, 3.8) is 0 Å². The van der Waals surface area contributed by atoms with Gasteiger partial charge < -0.3 is 4.74 Å². The smallest absolute Gasteiger partial charge is 0.302 e. The van der Waals surface area contributed by atoms with Gasteiger partial charge in [0.05, 0.1) is 0 Å². The molecular weight excluding hydrogens is 356 g/mol. The number of carbonyl (C=O) groups is 1. The molecule has 2 nitrogen and oxygen atoms in total. The lowest BCUT2D eigenvalue weighted by atomic mass is 10.0. The van der Waals surface area contributed by atoms with E-state index >= 15 is 0 Å². The van der Waals surface area contributed by atoms with E-state index in [9.17, 15) is 4.79 Å². The summed E-state index contributed by atoms with van der Waals surface area (Å²) in [5, 5.41) is 0. The van der Waals surface area contributed by atoms with Crippen LogP contribution in [0, 0.1) is 0 Å². The lowest BCUT2D eigenvalue weighted by Gasteiger charge is -2.17. The third-order valence-corrected chi connectivity index (χ3v) is 5.70. The molecule has 0 unspecified atom stereocenters. The molecule has 170 valence electrons. The Balaban J connectivity index is 3.58. The molecule has 0 atom stereocenters. The second-order valence-corrected chi connectivity index (χ2v) is 8.62. The normalized spacial score (nSPS) is 11.0. The molecular formula is C27H50O2. The number of carbonyl (C=O) groups excluding carboxylic acids is 1. The molecule has 0 aliphatic carbocycles. The average molecular weight is 407 g/mol. The van der Waals surface area contributed by atoms with E-state index in [0.717, 1.165) is 25.7 Å². The van der Waals surface area contributed by atoms with Crippen LogP contribution in [0.15, 0.2) is 25.3 Å². The van der Waals surface area contributed by atoms with Crippen LogP contribution in [0.25, 0.3) is 0 Å². The van der Waals surface area contributed by atoms with Gasteiger partial charge in [-0.05, 0) is 51.4 Å². The van der Waals surface area contributed by atoms with Gasteiger partial charge in [-0.2, -0.15) is 0 Å². The third-order valence-electron chi connectivity index (χ3n) is 5.70. The predicted octanol–water partition coefficient (Wildman–Crippen LogP) is 9.09. The average Bonchev–Trinajstić information content (AvgIpc) is 2.70. The Morgan fingerprint density at radius 1 is 0.621 bits per heavy atom. The molecule has 2 heteroatoms. The number of hydrogen-bond acceptors (Lipinski definition) is 2. The van der Waals surface area contributed by atoms with Gasteiger partial charge in [-0.15, -0.1) is 13.2 Å². The summed E-state index contributed by atoms with van der Waals surface area (Å²) >= 11 is 0. The van der Waals surface area contributed by atoms with Crippen LogP contribution in [0.3, 0.4) is 0 Å². The van der Waals surface area contributed by atoms with Gasteiger partial charge in [0.2, 0.25) is 0 Å². The minimum atomic E-state index is -0.117. The quantitative estimate of drug-likeness (QED) is 0.0960. The maximum absolute atomic E-state index is 11.4. The fourth-order valence-corrected chi connectivity index (χ4v) is 3.94. The lowest BCUT2D eigenvalue weighted by Crippen LogP contribution is -2.16. The Bertz CT molecular complexity index is 347. The van der Waals surface area contributed by atoms with Gasteiger partial charge in [-0.1, -0.05) is 89.2 Å². The van der Waals surface area contributed by atoms with E-state index in [-0.39, 0.29) is 12.1 Å². The summed E-state index contributed by atoms with van der Waals surface area (Å²) in [6.07, 6.45) is 29.6. The molecule has 0 radical (unpaired) electrons. The highest BCUT2D eigenvalue weighted by molar-refractivity contribution is 5.66. The van der Waals surface area contributed by atoms with Crippen molar-refractivity contribution >= 4 is 5.97 Å². The van der Waals surface area contributed by atoms with Crippen LogP contribution in [0.2, 0.25) is 0 Å². The van der Waals surface area contributed by atoms with Gasteiger partial charge in [-0.25, -0.2) is 0 Å². The molecule has 0 amide bonds. The zero-order valence-electron chi connectivity index (χ0n) is 19.6. The first kappa shape index (κ1) is 27.9. The molecule has 0 rings (SSSR count). The van der Waals surface area contributed by atoms with E-state index in [2.05, 4.69) is 13.2 Å². The van der Waals surface area contributed by atoms with Crippen molar-refractivity contribution in [1.82, 2.24) is 0 Å². The van der Waals surface area contributed by atoms with Gasteiger partial charge in [0.25, 0.3) is 0 Å². The summed E-state index contributed by atoms with van der Waals surface area (Å²) in [5.74, 6) is -0.117. The highest BCUT2D eigenvalue weighted by Crippen LogP contribution is 2.17. The SMILES string of the molecule is C=CCCCCCCCCCCC(CCCCCCCCCCC=C)OC(C)=O. The van der Waals surface area contributed by atoms with Crippen LogP contribution in [-0.4, -0.2) is 12.1 Å². The Labute approximate surface area is 182 Å². The van der Waals surface area contributed by atoms with Crippen molar-refractivity contribution < 1.29 is 9.53 Å². The van der Waals surface area contributed by atoms with Crippen molar-refractivity contribution in [1.29, 1.82) is 0 Å². The molecule has 0 heterocycles. The van der Waals surface area contributed by atoms with Crippen LogP contribution in [0.4, 0.5) is 0 Å². The van der Waals surface area contributed by atoms with Crippen LogP contribution < -0.4 is 0 Å². The molecule has 0 spiro atoms. The summed E-state index contributed by atoms with van der Waals surface area (Å²) in [6.45, 7) is 9.09. The number of unbranched alkanes of at least 4 members (excludes halogenated alkanes) is 16. The fourth-order valence-electron chi connectivity index (χ4n) is 3.94. The molecule has 0 aliphatic rings. The molecule has 0 aromatic carbocycles. The predicted molar refractivity (Wildman–Crippen MR) is 128 cm³/mol. The molecule has 0 fully saturated rings. The molecule has 0 N–H and O–H groups in total. The van der Waals surface area contributed by atoms with Crippen molar-refractivity contribution in [2.24, 2.45) is 0 Å². The molecule has 0 aromatic heterocycles. The Morgan fingerprint density at radius 2 is 0.931 bits per heavy atom. The van der Waals surface area contributed by atoms with Crippen LogP contribution in [0.5, 0.6) is 0 Å². The van der Waals surface area contributed by atoms with Crippen LogP contribution in [0.1, 0.15) is 135 Å². The fraction of sp³-hybridized carbons (Fsp3) is 0.815. The lowest BCUT2D eigenvalue weighted by molar-refractivity contribution is -0.147. The third kappa shape index (κ3) is 23.1. The zero-order valence-corrected chi connectivity index (χ0v) is 19.6. The van der Waals surface area contributed by atoms with E-state index in [1.807, 2.05) is 12.2 Å². The summed E-state index contributed by atoms with van der Waals surface area (Å²) in [4.78, 5) is 11.4. The topological polar surface area (TPSA) is 26.3 Å². The first-order valence-corrected chi connectivity index (χ1v) is 12.6. The van der Waals surface area contributed by atoms with Gasteiger partial charge >= 0.3 is 5.97 Å². The second kappa shape index (κ2) is 23.2. The maximum atomic E-state index is 11.4. The Hall–Kier alpha value is -1.05. The van der Waals surface area contributed by atoms with Crippen molar-refractivity contribution in [3.8, 4) is 0 Å². The molecule has 0 saturated heterocycles. The van der Waals surface area contributed by atoms with Crippen molar-refractivity contribution in [3.05, 3.63) is 25.3 Å². The number of allylic oxidation sites excluding steroid dienone is 2. The van der Waals surface area contributed by atoms with E-state index in [4.69, 9.17) is 4.74 Å². The minimum Gasteiger partial charge on any atom is -0.463 e. The second-order valence-electron chi connectivity index (χ2n) is 8.62. The summed E-state index contributed by atoms with van der Waals surface area (Å²) in [6, 6.07) is 0. The van der Waals surface area contributed by atoms with Gasteiger partial charge in [0.15, 0.2) is 0 Å². The Kier molecular flexibility index (Phi) is 22.4. The van der Waals surface area contributed by atoms with Crippen molar-refractivity contribution in [2.45, 2.75) is 141 Å².